The highest BCUT2D eigenvalue weighted by molar-refractivity contribution is 7.87. The summed E-state index contributed by atoms with van der Waals surface area (Å²) in [7, 11) is -5.66. The van der Waals surface area contributed by atoms with Gasteiger partial charge in [0.15, 0.2) is 0 Å². The molecule has 3 rings (SSSR count). The molecule has 0 fully saturated rings. The standard InChI is InChI=1S/C16H13F3O4S/c17-16(18,19)24(20,21)23-14-7-8-22-15(10-14)13-6-5-11-3-1-2-4-12(11)9-13/h1-6,9-10,15H,7-8H2. The van der Waals surface area contributed by atoms with Crippen LogP contribution in [0.15, 0.2) is 54.3 Å². The summed E-state index contributed by atoms with van der Waals surface area (Å²) in [5, 5.41) is 1.96. The van der Waals surface area contributed by atoms with Crippen molar-refractivity contribution in [3.63, 3.8) is 0 Å². The Morgan fingerprint density at radius 2 is 1.79 bits per heavy atom. The van der Waals surface area contributed by atoms with Gasteiger partial charge >= 0.3 is 15.6 Å². The Morgan fingerprint density at radius 1 is 1.08 bits per heavy atom. The highest BCUT2D eigenvalue weighted by atomic mass is 32.2. The lowest BCUT2D eigenvalue weighted by atomic mass is 10.0. The summed E-state index contributed by atoms with van der Waals surface area (Å²) >= 11 is 0. The molecule has 1 aliphatic heterocycles. The Labute approximate surface area is 136 Å². The molecule has 0 radical (unpaired) electrons. The van der Waals surface area contributed by atoms with Gasteiger partial charge < -0.3 is 8.92 Å². The first-order valence-corrected chi connectivity index (χ1v) is 8.49. The average Bonchev–Trinajstić information content (AvgIpc) is 2.53. The zero-order valence-electron chi connectivity index (χ0n) is 12.3. The van der Waals surface area contributed by atoms with E-state index >= 15 is 0 Å². The molecule has 0 saturated carbocycles. The van der Waals surface area contributed by atoms with Crippen molar-refractivity contribution in [1.82, 2.24) is 0 Å². The van der Waals surface area contributed by atoms with E-state index in [2.05, 4.69) is 4.18 Å². The van der Waals surface area contributed by atoms with E-state index in [1.165, 1.54) is 6.08 Å². The van der Waals surface area contributed by atoms with Crippen LogP contribution in [-0.4, -0.2) is 20.5 Å². The maximum absolute atomic E-state index is 12.4. The zero-order chi connectivity index (χ0) is 17.4. The minimum atomic E-state index is -5.66. The van der Waals surface area contributed by atoms with Crippen LogP contribution in [0.2, 0.25) is 0 Å². The molecule has 1 unspecified atom stereocenters. The molecule has 0 saturated heterocycles. The van der Waals surface area contributed by atoms with Crippen molar-refractivity contribution in [1.29, 1.82) is 0 Å². The van der Waals surface area contributed by atoms with Gasteiger partial charge in [0, 0.05) is 6.42 Å². The first-order chi connectivity index (χ1) is 11.3. The largest absolute Gasteiger partial charge is 0.534 e. The van der Waals surface area contributed by atoms with Crippen molar-refractivity contribution >= 4 is 20.9 Å². The monoisotopic (exact) mass is 358 g/mol. The predicted octanol–water partition coefficient (Wildman–Crippen LogP) is 4.05. The summed E-state index contributed by atoms with van der Waals surface area (Å²) in [6, 6.07) is 13.1. The number of ether oxygens (including phenoxy) is 1. The molecule has 128 valence electrons. The molecule has 8 heteroatoms. The lowest BCUT2D eigenvalue weighted by Gasteiger charge is -2.22. The molecule has 0 spiro atoms. The minimum absolute atomic E-state index is 0.0423. The van der Waals surface area contributed by atoms with Crippen molar-refractivity contribution < 1.29 is 30.5 Å². The summed E-state index contributed by atoms with van der Waals surface area (Å²) in [6.45, 7) is 0.0662. The minimum Gasteiger partial charge on any atom is -0.381 e. The normalized spacial score (nSPS) is 19.1. The molecule has 0 aliphatic carbocycles. The summed E-state index contributed by atoms with van der Waals surface area (Å²) < 4.78 is 69.2. The van der Waals surface area contributed by atoms with Crippen LogP contribution in [0.1, 0.15) is 18.1 Å². The van der Waals surface area contributed by atoms with Crippen LogP contribution < -0.4 is 0 Å². The van der Waals surface area contributed by atoms with Gasteiger partial charge in [-0.15, -0.1) is 0 Å². The molecule has 1 aliphatic rings. The molecule has 1 heterocycles. The maximum Gasteiger partial charge on any atom is 0.534 e. The third-order valence-electron chi connectivity index (χ3n) is 3.59. The zero-order valence-corrected chi connectivity index (χ0v) is 13.1. The SMILES string of the molecule is O=S(=O)(OC1=CC(c2ccc3ccccc3c2)OCC1)C(F)(F)F. The van der Waals surface area contributed by atoms with E-state index in [1.54, 1.807) is 6.07 Å². The van der Waals surface area contributed by atoms with Gasteiger partial charge in [0.1, 0.15) is 11.9 Å². The van der Waals surface area contributed by atoms with Crippen molar-refractivity contribution in [3.8, 4) is 0 Å². The molecule has 0 bridgehead atoms. The van der Waals surface area contributed by atoms with Crippen LogP contribution in [0.3, 0.4) is 0 Å². The number of hydrogen-bond donors (Lipinski definition) is 0. The van der Waals surface area contributed by atoms with Gasteiger partial charge in [-0.1, -0.05) is 36.4 Å². The number of benzene rings is 2. The summed E-state index contributed by atoms with van der Waals surface area (Å²) in [4.78, 5) is 0. The Kier molecular flexibility index (Phi) is 4.27. The molecule has 0 N–H and O–H groups in total. The predicted molar refractivity (Wildman–Crippen MR) is 81.4 cm³/mol. The fourth-order valence-electron chi connectivity index (χ4n) is 2.42. The number of alkyl halides is 3. The molecule has 0 amide bonds. The topological polar surface area (TPSA) is 52.6 Å². The van der Waals surface area contributed by atoms with Crippen LogP contribution in [0.5, 0.6) is 0 Å². The first-order valence-electron chi connectivity index (χ1n) is 7.08. The number of fused-ring (bicyclic) bond motifs is 1. The second kappa shape index (κ2) is 6.10. The van der Waals surface area contributed by atoms with Crippen LogP contribution in [0.25, 0.3) is 10.8 Å². The third kappa shape index (κ3) is 3.39. The van der Waals surface area contributed by atoms with Gasteiger partial charge in [-0.05, 0) is 28.5 Å². The Hall–Kier alpha value is -2.06. The quantitative estimate of drug-likeness (QED) is 0.614. The van der Waals surface area contributed by atoms with Crippen LogP contribution in [0.4, 0.5) is 13.2 Å². The highest BCUT2D eigenvalue weighted by Gasteiger charge is 2.49. The van der Waals surface area contributed by atoms with Crippen molar-refractivity contribution in [2.24, 2.45) is 0 Å². The summed E-state index contributed by atoms with van der Waals surface area (Å²) in [5.74, 6) is -0.267. The van der Waals surface area contributed by atoms with Gasteiger partial charge in [-0.2, -0.15) is 21.6 Å². The average molecular weight is 358 g/mol. The number of rotatable bonds is 3. The van der Waals surface area contributed by atoms with Crippen LogP contribution in [0, 0.1) is 0 Å². The van der Waals surface area contributed by atoms with Crippen molar-refractivity contribution in [3.05, 3.63) is 59.9 Å². The van der Waals surface area contributed by atoms with Gasteiger partial charge in [0.05, 0.1) is 6.61 Å². The second-order valence-electron chi connectivity index (χ2n) is 5.26. The van der Waals surface area contributed by atoms with Gasteiger partial charge in [-0.25, -0.2) is 0 Å². The fourth-order valence-corrected chi connectivity index (χ4v) is 2.94. The summed E-state index contributed by atoms with van der Waals surface area (Å²) in [6.07, 6.45) is 0.554. The van der Waals surface area contributed by atoms with Gasteiger partial charge in [0.25, 0.3) is 0 Å². The van der Waals surface area contributed by atoms with E-state index in [9.17, 15) is 21.6 Å². The second-order valence-corrected chi connectivity index (χ2v) is 6.80. The molecular weight excluding hydrogens is 345 g/mol. The third-order valence-corrected chi connectivity index (χ3v) is 4.59. The highest BCUT2D eigenvalue weighted by Crippen LogP contribution is 2.32. The van der Waals surface area contributed by atoms with E-state index in [0.717, 1.165) is 10.8 Å². The van der Waals surface area contributed by atoms with E-state index in [-0.39, 0.29) is 18.8 Å². The van der Waals surface area contributed by atoms with Crippen LogP contribution >= 0.6 is 0 Å². The fraction of sp³-hybridized carbons (Fsp3) is 0.250. The molecule has 4 nitrogen and oxygen atoms in total. The van der Waals surface area contributed by atoms with Gasteiger partial charge in [-0.3, -0.25) is 0 Å². The molecule has 1 atom stereocenters. The van der Waals surface area contributed by atoms with E-state index in [4.69, 9.17) is 4.74 Å². The van der Waals surface area contributed by atoms with E-state index < -0.39 is 21.7 Å². The first kappa shape index (κ1) is 16.8. The van der Waals surface area contributed by atoms with Crippen molar-refractivity contribution in [2.45, 2.75) is 18.0 Å². The molecule has 0 aromatic heterocycles. The molecule has 2 aromatic carbocycles. The Balaban J connectivity index is 1.88. The molecule has 24 heavy (non-hydrogen) atoms. The van der Waals surface area contributed by atoms with Gasteiger partial charge in [0.2, 0.25) is 0 Å². The lowest BCUT2D eigenvalue weighted by molar-refractivity contribution is -0.0530. The maximum atomic E-state index is 12.4. The molecule has 2 aromatic rings. The Bertz CT molecular complexity index is 888. The van der Waals surface area contributed by atoms with E-state index in [0.29, 0.717) is 5.56 Å². The Morgan fingerprint density at radius 3 is 2.50 bits per heavy atom. The van der Waals surface area contributed by atoms with Crippen molar-refractivity contribution in [2.75, 3.05) is 6.61 Å². The number of hydrogen-bond acceptors (Lipinski definition) is 4. The van der Waals surface area contributed by atoms with Crippen LogP contribution in [-0.2, 0) is 19.0 Å². The van der Waals surface area contributed by atoms with E-state index in [1.807, 2.05) is 36.4 Å². The molecular formula is C16H13F3O4S. The number of halogens is 3. The summed E-state index contributed by atoms with van der Waals surface area (Å²) in [5.41, 5.74) is -4.75. The smallest absolute Gasteiger partial charge is 0.381 e. The lowest BCUT2D eigenvalue weighted by Crippen LogP contribution is -2.26.